The van der Waals surface area contributed by atoms with E-state index in [1.807, 2.05) is 36.4 Å². The summed E-state index contributed by atoms with van der Waals surface area (Å²) in [4.78, 5) is 16.7. The van der Waals surface area contributed by atoms with E-state index in [9.17, 15) is 0 Å². The van der Waals surface area contributed by atoms with Crippen molar-refractivity contribution in [3.8, 4) is 0 Å². The molecule has 1 rings (SSSR count). The van der Waals surface area contributed by atoms with Gasteiger partial charge in [-0.15, -0.1) is 0 Å². The molecule has 1 aromatic rings. The molecule has 0 bridgehead atoms. The van der Waals surface area contributed by atoms with Gasteiger partial charge in [0.25, 0.3) is 0 Å². The molecule has 84 valence electrons. The van der Waals surface area contributed by atoms with E-state index < -0.39 is 0 Å². The fraction of sp³-hybridized carbons (Fsp3) is 0.0909. The summed E-state index contributed by atoms with van der Waals surface area (Å²) < 4.78 is 0. The van der Waals surface area contributed by atoms with E-state index in [1.165, 1.54) is 0 Å². The molecule has 0 radical (unpaired) electrons. The molecule has 5 nitrogen and oxygen atoms in total. The highest BCUT2D eigenvalue weighted by Gasteiger charge is 1.79. The van der Waals surface area contributed by atoms with Crippen LogP contribution in [0.5, 0.6) is 0 Å². The zero-order valence-corrected chi connectivity index (χ0v) is 8.51. The lowest BCUT2D eigenvalue weighted by Gasteiger charge is -1.88. The van der Waals surface area contributed by atoms with Crippen molar-refractivity contribution in [1.82, 2.24) is 0 Å². The number of aliphatic hydroxyl groups excluding tert-OH is 1. The van der Waals surface area contributed by atoms with Gasteiger partial charge in [-0.3, -0.25) is 0 Å². The molecule has 1 aromatic carbocycles. The third kappa shape index (κ3) is 14.2. The molecule has 3 N–H and O–H groups in total. The van der Waals surface area contributed by atoms with Gasteiger partial charge in [0, 0.05) is 0 Å². The summed E-state index contributed by atoms with van der Waals surface area (Å²) in [6, 6.07) is 9.89. The first kappa shape index (κ1) is 16.1. The molecule has 0 spiro atoms. The van der Waals surface area contributed by atoms with Gasteiger partial charge >= 0.3 is 0 Å². The highest BCUT2D eigenvalue weighted by Crippen LogP contribution is 1.99. The van der Waals surface area contributed by atoms with Gasteiger partial charge < -0.3 is 5.11 Å². The number of carbonyl (C=O) groups excluding carboxylic acids is 2. The first-order valence-electron chi connectivity index (χ1n) is 4.17. The van der Waals surface area contributed by atoms with Crippen LogP contribution in [0, 0.1) is 10.8 Å². The number of hydrogen-bond acceptors (Lipinski definition) is 5. The van der Waals surface area contributed by atoms with E-state index in [0.717, 1.165) is 17.7 Å². The Morgan fingerprint density at radius 3 is 1.94 bits per heavy atom. The van der Waals surface area contributed by atoms with E-state index in [0.29, 0.717) is 0 Å². The van der Waals surface area contributed by atoms with Crippen LogP contribution in [0.3, 0.4) is 0 Å². The molecule has 0 heterocycles. The van der Waals surface area contributed by atoms with Crippen LogP contribution in [-0.2, 0) is 9.59 Å². The van der Waals surface area contributed by atoms with Crippen LogP contribution < -0.4 is 0 Å². The molecule has 0 aliphatic rings. The van der Waals surface area contributed by atoms with Crippen LogP contribution in [0.15, 0.2) is 36.4 Å². The Balaban J connectivity index is 0. The van der Waals surface area contributed by atoms with E-state index >= 15 is 0 Å². The van der Waals surface area contributed by atoms with E-state index in [-0.39, 0.29) is 6.61 Å². The number of benzene rings is 1. The normalized spacial score (nSPS) is 7.56. The minimum atomic E-state index is 0.106. The van der Waals surface area contributed by atoms with Crippen LogP contribution in [-0.4, -0.2) is 23.9 Å². The van der Waals surface area contributed by atoms with Gasteiger partial charge in [-0.2, -0.15) is 0 Å². The predicted molar refractivity (Wildman–Crippen MR) is 59.4 cm³/mol. The number of nitrogens with one attached hydrogen (secondary N) is 2. The van der Waals surface area contributed by atoms with Crippen LogP contribution in [0.25, 0.3) is 6.08 Å². The summed E-state index contributed by atoms with van der Waals surface area (Å²) in [5.41, 5.74) is 1.12. The van der Waals surface area contributed by atoms with Gasteiger partial charge in [0.05, 0.1) is 6.61 Å². The van der Waals surface area contributed by atoms with Crippen molar-refractivity contribution in [3.63, 3.8) is 0 Å². The van der Waals surface area contributed by atoms with E-state index in [2.05, 4.69) is 0 Å². The summed E-state index contributed by atoms with van der Waals surface area (Å²) in [6.45, 7) is 0.106. The van der Waals surface area contributed by atoms with Gasteiger partial charge in [-0.25, -0.2) is 20.4 Å². The Bertz CT molecular complexity index is 337. The molecule has 0 aliphatic carbocycles. The van der Waals surface area contributed by atoms with Crippen molar-refractivity contribution in [2.45, 2.75) is 0 Å². The number of isocyanates is 2. The molecule has 0 saturated heterocycles. The average Bonchev–Trinajstić information content (AvgIpc) is 2.30. The number of hydrogen-bond donors (Lipinski definition) is 3. The van der Waals surface area contributed by atoms with E-state index in [1.54, 1.807) is 6.08 Å². The summed E-state index contributed by atoms with van der Waals surface area (Å²) >= 11 is 0. The van der Waals surface area contributed by atoms with Crippen LogP contribution in [0.1, 0.15) is 5.56 Å². The minimum absolute atomic E-state index is 0.106. The van der Waals surface area contributed by atoms with Crippen molar-refractivity contribution in [1.29, 1.82) is 10.8 Å². The molecular weight excluding hydrogens is 208 g/mol. The SMILES string of the molecule is N=C=O.N=C=O.OCC=Cc1ccccc1. The summed E-state index contributed by atoms with van der Waals surface area (Å²) in [6.07, 6.45) is 5.11. The van der Waals surface area contributed by atoms with Crippen LogP contribution in [0.2, 0.25) is 0 Å². The molecule has 0 atom stereocenters. The topological polar surface area (TPSA) is 102 Å². The Morgan fingerprint density at radius 2 is 1.56 bits per heavy atom. The highest BCUT2D eigenvalue weighted by atomic mass is 16.2. The lowest BCUT2D eigenvalue weighted by molar-refractivity contribution is 0.343. The van der Waals surface area contributed by atoms with Crippen molar-refractivity contribution in [3.05, 3.63) is 42.0 Å². The van der Waals surface area contributed by atoms with Gasteiger partial charge in [-0.1, -0.05) is 42.5 Å². The third-order valence-corrected chi connectivity index (χ3v) is 1.22. The van der Waals surface area contributed by atoms with Gasteiger partial charge in [0.15, 0.2) is 0 Å². The Kier molecular flexibility index (Phi) is 15.3. The van der Waals surface area contributed by atoms with Gasteiger partial charge in [0.2, 0.25) is 12.2 Å². The molecule has 0 amide bonds. The van der Waals surface area contributed by atoms with Gasteiger partial charge in [-0.05, 0) is 5.56 Å². The zero-order valence-electron chi connectivity index (χ0n) is 8.51. The maximum atomic E-state index is 8.44. The lowest BCUT2D eigenvalue weighted by Crippen LogP contribution is -1.72. The van der Waals surface area contributed by atoms with Crippen LogP contribution >= 0.6 is 0 Å². The fourth-order valence-corrected chi connectivity index (χ4v) is 0.753. The maximum Gasteiger partial charge on any atom is 0.231 e. The Hall–Kier alpha value is -2.32. The molecule has 0 fully saturated rings. The standard InChI is InChI=1S/C9H10O.2CHNO/c10-8-4-7-9-5-2-1-3-6-9;2*2-1-3/h1-7,10H,8H2;2*2H. The summed E-state index contributed by atoms with van der Waals surface area (Å²) in [5, 5.41) is 19.2. The Morgan fingerprint density at radius 1 is 1.12 bits per heavy atom. The van der Waals surface area contributed by atoms with Crippen molar-refractivity contribution in [2.24, 2.45) is 0 Å². The molecule has 0 saturated carbocycles. The number of aliphatic hydroxyl groups is 1. The quantitative estimate of drug-likeness (QED) is 0.519. The molecule has 0 aliphatic heterocycles. The van der Waals surface area contributed by atoms with E-state index in [4.69, 9.17) is 25.5 Å². The Labute approximate surface area is 93.1 Å². The largest absolute Gasteiger partial charge is 0.392 e. The van der Waals surface area contributed by atoms with Crippen molar-refractivity contribution in [2.75, 3.05) is 6.61 Å². The smallest absolute Gasteiger partial charge is 0.231 e. The second-order valence-corrected chi connectivity index (χ2v) is 2.20. The zero-order chi connectivity index (χ0) is 12.6. The lowest BCUT2D eigenvalue weighted by atomic mass is 10.2. The summed E-state index contributed by atoms with van der Waals surface area (Å²) in [7, 11) is 0. The highest BCUT2D eigenvalue weighted by molar-refractivity contribution is 5.48. The molecular formula is C11H12N2O3. The summed E-state index contributed by atoms with van der Waals surface area (Å²) in [5.74, 6) is 0. The molecule has 0 unspecified atom stereocenters. The van der Waals surface area contributed by atoms with Crippen molar-refractivity contribution < 1.29 is 14.7 Å². The second kappa shape index (κ2) is 15.2. The average molecular weight is 220 g/mol. The first-order chi connectivity index (χ1) is 7.76. The second-order valence-electron chi connectivity index (χ2n) is 2.20. The minimum Gasteiger partial charge on any atom is -0.392 e. The molecule has 16 heavy (non-hydrogen) atoms. The fourth-order valence-electron chi connectivity index (χ4n) is 0.753. The van der Waals surface area contributed by atoms with Crippen LogP contribution in [0.4, 0.5) is 0 Å². The van der Waals surface area contributed by atoms with Crippen molar-refractivity contribution >= 4 is 18.2 Å². The van der Waals surface area contributed by atoms with Gasteiger partial charge in [0.1, 0.15) is 0 Å². The monoisotopic (exact) mass is 220 g/mol. The molecule has 0 aromatic heterocycles. The number of rotatable bonds is 2. The first-order valence-corrected chi connectivity index (χ1v) is 4.17. The third-order valence-electron chi connectivity index (χ3n) is 1.22. The predicted octanol–water partition coefficient (Wildman–Crippen LogP) is 1.49. The maximum absolute atomic E-state index is 8.44. The molecule has 5 heteroatoms.